The maximum atomic E-state index is 12.9. The molecule has 1 atom stereocenters. The van der Waals surface area contributed by atoms with Crippen LogP contribution < -0.4 is 9.50 Å². The fraction of sp³-hybridized carbons (Fsp3) is 0.280. The van der Waals surface area contributed by atoms with Crippen molar-refractivity contribution in [1.82, 2.24) is 5.32 Å². The molecule has 0 aliphatic rings. The number of benzene rings is 3. The number of aryl methyl sites for hydroxylation is 1. The molecule has 0 amide bonds. The molecule has 0 aliphatic heterocycles. The molecule has 3 rings (SSSR count). The van der Waals surface area contributed by atoms with E-state index in [-0.39, 0.29) is 10.8 Å². The molecule has 3 aromatic rings. The molecule has 158 valence electrons. The van der Waals surface area contributed by atoms with Gasteiger partial charge in [0.1, 0.15) is 10.6 Å². The highest BCUT2D eigenvalue weighted by Gasteiger charge is 2.23. The van der Waals surface area contributed by atoms with E-state index in [1.807, 2.05) is 37.3 Å². The third-order valence-electron chi connectivity index (χ3n) is 4.96. The third-order valence-corrected chi connectivity index (χ3v) is 6.21. The van der Waals surface area contributed by atoms with E-state index in [1.165, 1.54) is 0 Å². The van der Waals surface area contributed by atoms with Crippen LogP contribution in [-0.2, 0) is 10.1 Å². The van der Waals surface area contributed by atoms with Gasteiger partial charge < -0.3 is 9.50 Å². The van der Waals surface area contributed by atoms with Crippen molar-refractivity contribution in [2.45, 2.75) is 44.0 Å². The zero-order chi connectivity index (χ0) is 21.6. The third kappa shape index (κ3) is 5.71. The van der Waals surface area contributed by atoms with Gasteiger partial charge in [0.05, 0.1) is 0 Å². The molecule has 0 aromatic heterocycles. The summed E-state index contributed by atoms with van der Waals surface area (Å²) in [5, 5.41) is 3.46. The number of nitrogens with one attached hydrogen (secondary N) is 1. The smallest absolute Gasteiger partial charge is 0.339 e. The van der Waals surface area contributed by atoms with Crippen LogP contribution in [0.5, 0.6) is 5.75 Å². The molecule has 0 bridgehead atoms. The first kappa shape index (κ1) is 22.1. The predicted molar refractivity (Wildman–Crippen MR) is 121 cm³/mol. The van der Waals surface area contributed by atoms with E-state index in [0.29, 0.717) is 11.8 Å². The van der Waals surface area contributed by atoms with Crippen molar-refractivity contribution in [3.63, 3.8) is 0 Å². The van der Waals surface area contributed by atoms with Crippen LogP contribution in [0.1, 0.15) is 42.9 Å². The highest BCUT2D eigenvalue weighted by Crippen LogP contribution is 2.36. The van der Waals surface area contributed by atoms with Crippen LogP contribution >= 0.6 is 0 Å². The van der Waals surface area contributed by atoms with Crippen molar-refractivity contribution >= 4 is 10.1 Å². The van der Waals surface area contributed by atoms with Gasteiger partial charge in [-0.25, -0.2) is 0 Å². The Morgan fingerprint density at radius 2 is 1.53 bits per heavy atom. The summed E-state index contributed by atoms with van der Waals surface area (Å²) in [6.07, 6.45) is 0.827. The maximum absolute atomic E-state index is 12.9. The van der Waals surface area contributed by atoms with Gasteiger partial charge >= 0.3 is 10.1 Å². The van der Waals surface area contributed by atoms with E-state index in [1.54, 1.807) is 36.4 Å². The highest BCUT2D eigenvalue weighted by molar-refractivity contribution is 7.87. The summed E-state index contributed by atoms with van der Waals surface area (Å²) in [4.78, 5) is 0.147. The van der Waals surface area contributed by atoms with Gasteiger partial charge in [0.15, 0.2) is 0 Å². The Balaban J connectivity index is 2.00. The van der Waals surface area contributed by atoms with Crippen molar-refractivity contribution in [1.29, 1.82) is 0 Å². The zero-order valence-corrected chi connectivity index (χ0v) is 18.5. The van der Waals surface area contributed by atoms with E-state index in [4.69, 9.17) is 4.18 Å². The minimum Gasteiger partial charge on any atom is -0.379 e. The Labute approximate surface area is 180 Å². The van der Waals surface area contributed by atoms with Gasteiger partial charge in [-0.3, -0.25) is 0 Å². The summed E-state index contributed by atoms with van der Waals surface area (Å²) in [6, 6.07) is 24.5. The number of rotatable bonds is 9. The summed E-state index contributed by atoms with van der Waals surface area (Å²) in [6.45, 7) is 7.06. The van der Waals surface area contributed by atoms with Crippen LogP contribution in [0.4, 0.5) is 0 Å². The topological polar surface area (TPSA) is 55.4 Å². The Morgan fingerprint density at radius 1 is 0.900 bits per heavy atom. The standard InChI is InChI=1S/C25H29NO3S/c1-19(2)26-17-16-23(21-10-6-4-7-11-21)24-18-20(3)14-15-25(24)29-30(27,28)22-12-8-5-9-13-22/h4-15,18-19,23,26H,16-17H2,1-3H3. The number of hydrogen-bond acceptors (Lipinski definition) is 4. The molecule has 0 saturated carbocycles. The van der Waals surface area contributed by atoms with E-state index < -0.39 is 10.1 Å². The van der Waals surface area contributed by atoms with Crippen molar-refractivity contribution in [3.8, 4) is 5.75 Å². The SMILES string of the molecule is Cc1ccc(OS(=O)(=O)c2ccccc2)c(C(CCNC(C)C)c2ccccc2)c1. The fourth-order valence-corrected chi connectivity index (χ4v) is 4.45. The molecular weight excluding hydrogens is 394 g/mol. The van der Waals surface area contributed by atoms with Gasteiger partial charge in [0.25, 0.3) is 0 Å². The molecule has 0 fully saturated rings. The van der Waals surface area contributed by atoms with Crippen LogP contribution in [0.15, 0.2) is 83.8 Å². The summed E-state index contributed by atoms with van der Waals surface area (Å²) in [7, 11) is -3.91. The summed E-state index contributed by atoms with van der Waals surface area (Å²) < 4.78 is 31.4. The molecule has 0 saturated heterocycles. The first-order valence-electron chi connectivity index (χ1n) is 10.3. The van der Waals surface area contributed by atoms with Crippen LogP contribution in [0.2, 0.25) is 0 Å². The van der Waals surface area contributed by atoms with Crippen LogP contribution in [0.25, 0.3) is 0 Å². The Morgan fingerprint density at radius 3 is 2.17 bits per heavy atom. The lowest BCUT2D eigenvalue weighted by molar-refractivity contribution is 0.478. The second-order valence-corrected chi connectivity index (χ2v) is 9.30. The molecule has 5 heteroatoms. The maximum Gasteiger partial charge on any atom is 0.339 e. The molecular formula is C25H29NO3S. The Hall–Kier alpha value is -2.63. The van der Waals surface area contributed by atoms with Crippen LogP contribution in [-0.4, -0.2) is 21.0 Å². The lowest BCUT2D eigenvalue weighted by Crippen LogP contribution is -2.25. The molecule has 0 heterocycles. The monoisotopic (exact) mass is 423 g/mol. The molecule has 1 N–H and O–H groups in total. The van der Waals surface area contributed by atoms with E-state index in [0.717, 1.165) is 29.7 Å². The fourth-order valence-electron chi connectivity index (χ4n) is 3.47. The largest absolute Gasteiger partial charge is 0.379 e. The van der Waals surface area contributed by atoms with Crippen molar-refractivity contribution in [2.24, 2.45) is 0 Å². The first-order chi connectivity index (χ1) is 14.4. The average Bonchev–Trinajstić information content (AvgIpc) is 2.74. The number of hydrogen-bond donors (Lipinski definition) is 1. The van der Waals surface area contributed by atoms with Crippen LogP contribution in [0, 0.1) is 6.92 Å². The van der Waals surface area contributed by atoms with Gasteiger partial charge in [-0.05, 0) is 43.7 Å². The molecule has 0 aliphatic carbocycles. The van der Waals surface area contributed by atoms with Crippen molar-refractivity contribution in [2.75, 3.05) is 6.54 Å². The highest BCUT2D eigenvalue weighted by atomic mass is 32.2. The lowest BCUT2D eigenvalue weighted by Gasteiger charge is -2.22. The normalized spacial score (nSPS) is 12.7. The summed E-state index contributed by atoms with van der Waals surface area (Å²) in [5.74, 6) is 0.390. The van der Waals surface area contributed by atoms with E-state index >= 15 is 0 Å². The summed E-state index contributed by atoms with van der Waals surface area (Å²) >= 11 is 0. The van der Waals surface area contributed by atoms with Crippen molar-refractivity contribution in [3.05, 3.63) is 95.6 Å². The molecule has 0 radical (unpaired) electrons. The average molecular weight is 424 g/mol. The lowest BCUT2D eigenvalue weighted by atomic mass is 9.87. The predicted octanol–water partition coefficient (Wildman–Crippen LogP) is 5.28. The van der Waals surface area contributed by atoms with Gasteiger partial charge in [0, 0.05) is 17.5 Å². The molecule has 1 unspecified atom stereocenters. The van der Waals surface area contributed by atoms with Gasteiger partial charge in [-0.2, -0.15) is 8.42 Å². The van der Waals surface area contributed by atoms with Gasteiger partial charge in [0.2, 0.25) is 0 Å². The molecule has 0 spiro atoms. The minimum atomic E-state index is -3.91. The van der Waals surface area contributed by atoms with E-state index in [9.17, 15) is 8.42 Å². The molecule has 4 nitrogen and oxygen atoms in total. The van der Waals surface area contributed by atoms with Gasteiger partial charge in [-0.15, -0.1) is 0 Å². The summed E-state index contributed by atoms with van der Waals surface area (Å²) in [5.41, 5.74) is 3.08. The van der Waals surface area contributed by atoms with Gasteiger partial charge in [-0.1, -0.05) is 80.1 Å². The van der Waals surface area contributed by atoms with Crippen LogP contribution in [0.3, 0.4) is 0 Å². The Bertz CT molecular complexity index is 1050. The minimum absolute atomic E-state index is 0.0123. The molecule has 3 aromatic carbocycles. The van der Waals surface area contributed by atoms with E-state index in [2.05, 4.69) is 31.3 Å². The van der Waals surface area contributed by atoms with Crippen molar-refractivity contribution < 1.29 is 12.6 Å². The second-order valence-electron chi connectivity index (χ2n) is 7.75. The second kappa shape index (κ2) is 9.92. The molecule has 30 heavy (non-hydrogen) atoms. The first-order valence-corrected chi connectivity index (χ1v) is 11.7. The quantitative estimate of drug-likeness (QED) is 0.476. The Kier molecular flexibility index (Phi) is 7.29. The zero-order valence-electron chi connectivity index (χ0n) is 17.7.